The average Bonchev–Trinajstić information content (AvgIpc) is 2.72. The van der Waals surface area contributed by atoms with Gasteiger partial charge in [0, 0.05) is 15.9 Å². The van der Waals surface area contributed by atoms with E-state index in [2.05, 4.69) is 15.9 Å². The zero-order valence-electron chi connectivity index (χ0n) is 11.2. The van der Waals surface area contributed by atoms with Crippen molar-refractivity contribution in [2.75, 3.05) is 0 Å². The lowest BCUT2D eigenvalue weighted by molar-refractivity contribution is -0.137. The molecular formula is C15H7BrClF3O3. The fourth-order valence-corrected chi connectivity index (χ4v) is 3.01. The van der Waals surface area contributed by atoms with E-state index in [0.29, 0.717) is 11.1 Å². The van der Waals surface area contributed by atoms with E-state index in [1.165, 1.54) is 0 Å². The van der Waals surface area contributed by atoms with Crippen LogP contribution in [0.25, 0.3) is 0 Å². The molecule has 1 aliphatic heterocycles. The van der Waals surface area contributed by atoms with Crippen LogP contribution in [0.5, 0.6) is 5.75 Å². The van der Waals surface area contributed by atoms with Crippen LogP contribution in [-0.4, -0.2) is 5.97 Å². The van der Waals surface area contributed by atoms with Gasteiger partial charge >= 0.3 is 16.8 Å². The fraction of sp³-hybridized carbons (Fsp3) is 0.133. The first-order chi connectivity index (χ1) is 10.7. The Balaban J connectivity index is 1.96. The molecule has 0 N–H and O–H groups in total. The summed E-state index contributed by atoms with van der Waals surface area (Å²) in [4.78, 5) is 11.8. The predicted octanol–water partition coefficient (Wildman–Crippen LogP) is 5.11. The van der Waals surface area contributed by atoms with Gasteiger partial charge in [-0.05, 0) is 30.3 Å². The molecule has 0 spiro atoms. The molecule has 23 heavy (non-hydrogen) atoms. The molecule has 1 aliphatic rings. The summed E-state index contributed by atoms with van der Waals surface area (Å²) in [6.45, 7) is 0. The lowest BCUT2D eigenvalue weighted by atomic mass is 10.1. The monoisotopic (exact) mass is 406 g/mol. The lowest BCUT2D eigenvalue weighted by Gasteiger charge is -2.24. The molecule has 3 nitrogen and oxygen atoms in total. The van der Waals surface area contributed by atoms with Gasteiger partial charge in [-0.25, -0.2) is 4.79 Å². The van der Waals surface area contributed by atoms with E-state index in [1.807, 2.05) is 0 Å². The maximum absolute atomic E-state index is 12.7. The van der Waals surface area contributed by atoms with Gasteiger partial charge < -0.3 is 9.47 Å². The Kier molecular flexibility index (Phi) is 3.80. The molecule has 0 aliphatic carbocycles. The molecule has 1 heterocycles. The third-order valence-electron chi connectivity index (χ3n) is 3.19. The Morgan fingerprint density at radius 3 is 2.52 bits per heavy atom. The second-order valence-corrected chi connectivity index (χ2v) is 6.17. The molecule has 0 fully saturated rings. The standard InChI is InChI=1S/C15H7BrClF3O3/c16-14(10-4-2-1-3-9(10)13(21)23-14)22-12-6-5-8(7-11(12)17)15(18,19)20/h1-7H. The van der Waals surface area contributed by atoms with Crippen LogP contribution in [0.3, 0.4) is 0 Å². The summed E-state index contributed by atoms with van der Waals surface area (Å²) in [6.07, 6.45) is -4.51. The predicted molar refractivity (Wildman–Crippen MR) is 79.5 cm³/mol. The van der Waals surface area contributed by atoms with Gasteiger partial charge in [0.25, 0.3) is 0 Å². The summed E-state index contributed by atoms with van der Waals surface area (Å²) >= 11 is 9.02. The number of fused-ring (bicyclic) bond motifs is 1. The quantitative estimate of drug-likeness (QED) is 0.512. The zero-order valence-corrected chi connectivity index (χ0v) is 13.5. The number of halogens is 5. The molecule has 0 saturated heterocycles. The molecule has 1 atom stereocenters. The van der Waals surface area contributed by atoms with Crippen LogP contribution in [-0.2, 0) is 15.6 Å². The van der Waals surface area contributed by atoms with Crippen LogP contribution in [0.1, 0.15) is 21.5 Å². The van der Waals surface area contributed by atoms with E-state index in [0.717, 1.165) is 18.2 Å². The van der Waals surface area contributed by atoms with Crippen molar-refractivity contribution in [3.8, 4) is 5.75 Å². The van der Waals surface area contributed by atoms with Crippen LogP contribution in [0.4, 0.5) is 13.2 Å². The zero-order chi connectivity index (χ0) is 16.8. The number of hydrogen-bond donors (Lipinski definition) is 0. The van der Waals surface area contributed by atoms with E-state index in [4.69, 9.17) is 21.1 Å². The number of carbonyl (C=O) groups is 1. The summed E-state index contributed by atoms with van der Waals surface area (Å²) in [5.74, 6) is -0.665. The molecule has 0 bridgehead atoms. The van der Waals surface area contributed by atoms with Crippen molar-refractivity contribution in [3.63, 3.8) is 0 Å². The minimum atomic E-state index is -4.51. The van der Waals surface area contributed by atoms with Crippen LogP contribution in [0.15, 0.2) is 42.5 Å². The summed E-state index contributed by atoms with van der Waals surface area (Å²) in [7, 11) is 0. The second-order valence-electron chi connectivity index (χ2n) is 4.72. The lowest BCUT2D eigenvalue weighted by Crippen LogP contribution is -2.26. The molecule has 2 aromatic carbocycles. The van der Waals surface area contributed by atoms with E-state index >= 15 is 0 Å². The van der Waals surface area contributed by atoms with Crippen molar-refractivity contribution in [2.24, 2.45) is 0 Å². The van der Waals surface area contributed by atoms with Crippen molar-refractivity contribution < 1.29 is 27.4 Å². The van der Waals surface area contributed by atoms with Gasteiger partial charge in [0.05, 0.1) is 21.7 Å². The van der Waals surface area contributed by atoms with Gasteiger partial charge in [-0.1, -0.05) is 23.7 Å². The van der Waals surface area contributed by atoms with Crippen LogP contribution >= 0.6 is 27.5 Å². The number of carbonyl (C=O) groups excluding carboxylic acids is 1. The molecule has 0 amide bonds. The minimum absolute atomic E-state index is 0.0546. The molecule has 1 unspecified atom stereocenters. The normalized spacial score (nSPS) is 20.1. The first-order valence-electron chi connectivity index (χ1n) is 6.28. The maximum atomic E-state index is 12.7. The summed E-state index contributed by atoms with van der Waals surface area (Å²) in [5.41, 5.74) is -0.198. The smallest absolute Gasteiger partial charge is 0.416 e. The molecule has 0 radical (unpaired) electrons. The number of alkyl halides is 4. The summed E-state index contributed by atoms with van der Waals surface area (Å²) in [5, 5.41) is -0.251. The number of ether oxygens (including phenoxy) is 2. The van der Waals surface area contributed by atoms with E-state index in [1.54, 1.807) is 24.3 Å². The SMILES string of the molecule is O=C1OC(Br)(Oc2ccc(C(F)(F)F)cc2Cl)c2ccccc21. The number of benzene rings is 2. The van der Waals surface area contributed by atoms with Gasteiger partial charge in [0.2, 0.25) is 0 Å². The van der Waals surface area contributed by atoms with Crippen molar-refractivity contribution >= 4 is 33.5 Å². The highest BCUT2D eigenvalue weighted by atomic mass is 79.9. The maximum Gasteiger partial charge on any atom is 0.416 e. The number of esters is 1. The number of hydrogen-bond acceptors (Lipinski definition) is 3. The number of rotatable bonds is 2. The van der Waals surface area contributed by atoms with E-state index < -0.39 is 22.4 Å². The van der Waals surface area contributed by atoms with Crippen LogP contribution in [0.2, 0.25) is 5.02 Å². The summed E-state index contributed by atoms with van der Waals surface area (Å²) in [6, 6.07) is 9.14. The Morgan fingerprint density at radius 2 is 1.87 bits per heavy atom. The third kappa shape index (κ3) is 2.90. The molecular weight excluding hydrogens is 401 g/mol. The first kappa shape index (κ1) is 16.1. The summed E-state index contributed by atoms with van der Waals surface area (Å²) < 4.78 is 47.0. The first-order valence-corrected chi connectivity index (χ1v) is 7.45. The van der Waals surface area contributed by atoms with Gasteiger partial charge in [-0.15, -0.1) is 0 Å². The van der Waals surface area contributed by atoms with Crippen molar-refractivity contribution in [1.82, 2.24) is 0 Å². The highest BCUT2D eigenvalue weighted by Crippen LogP contribution is 2.45. The molecule has 8 heteroatoms. The molecule has 0 saturated carbocycles. The Hall–Kier alpha value is -1.73. The molecule has 0 aromatic heterocycles. The van der Waals surface area contributed by atoms with Crippen molar-refractivity contribution in [2.45, 2.75) is 10.9 Å². The minimum Gasteiger partial charge on any atom is -0.438 e. The molecule has 120 valence electrons. The van der Waals surface area contributed by atoms with E-state index in [9.17, 15) is 18.0 Å². The fourth-order valence-electron chi connectivity index (χ4n) is 2.13. The second kappa shape index (κ2) is 5.42. The van der Waals surface area contributed by atoms with Crippen molar-refractivity contribution in [1.29, 1.82) is 0 Å². The van der Waals surface area contributed by atoms with Gasteiger partial charge in [0.1, 0.15) is 5.75 Å². The van der Waals surface area contributed by atoms with Gasteiger partial charge in [-0.3, -0.25) is 0 Å². The molecule has 3 rings (SSSR count). The average molecular weight is 408 g/mol. The van der Waals surface area contributed by atoms with Gasteiger partial charge in [0.15, 0.2) is 0 Å². The Labute approximate surface area is 142 Å². The molecule has 2 aromatic rings. The van der Waals surface area contributed by atoms with Gasteiger partial charge in [-0.2, -0.15) is 13.2 Å². The highest BCUT2D eigenvalue weighted by molar-refractivity contribution is 9.09. The number of cyclic esters (lactones) is 1. The van der Waals surface area contributed by atoms with Crippen molar-refractivity contribution in [3.05, 3.63) is 64.2 Å². The highest BCUT2D eigenvalue weighted by Gasteiger charge is 2.46. The Bertz CT molecular complexity index is 794. The van der Waals surface area contributed by atoms with Crippen LogP contribution in [0, 0.1) is 0 Å². The third-order valence-corrected chi connectivity index (χ3v) is 4.24. The largest absolute Gasteiger partial charge is 0.438 e. The Morgan fingerprint density at radius 1 is 1.17 bits per heavy atom. The van der Waals surface area contributed by atoms with E-state index in [-0.39, 0.29) is 10.8 Å². The van der Waals surface area contributed by atoms with Crippen LogP contribution < -0.4 is 4.74 Å². The topological polar surface area (TPSA) is 35.5 Å².